The molecule has 0 aromatic heterocycles. The molecule has 0 heterocycles. The Morgan fingerprint density at radius 1 is 0.679 bits per heavy atom. The molecule has 0 amide bonds. The third-order valence-electron chi connectivity index (χ3n) is 3.87. The Bertz CT molecular complexity index is 410. The lowest BCUT2D eigenvalue weighted by molar-refractivity contribution is -0.146. The predicted molar refractivity (Wildman–Crippen MR) is 123 cm³/mol. The molecular weight excluding hydrogens is 392 g/mol. The van der Waals surface area contributed by atoms with Gasteiger partial charge in [-0.3, -0.25) is 9.59 Å². The van der Waals surface area contributed by atoms with Crippen molar-refractivity contribution in [2.45, 2.75) is 116 Å². The molecule has 0 aliphatic carbocycles. The Balaban J connectivity index is 4.16. The molecule has 4 nitrogen and oxygen atoms in total. The second-order valence-corrected chi connectivity index (χ2v) is 13.0. The second kappa shape index (κ2) is 13.8. The van der Waals surface area contributed by atoms with Crippen LogP contribution in [-0.4, -0.2) is 45.1 Å². The highest BCUT2D eigenvalue weighted by Gasteiger charge is 2.19. The van der Waals surface area contributed by atoms with Crippen LogP contribution >= 0.6 is 23.5 Å². The minimum atomic E-state index is -0.194. The number of hydrogen-bond acceptors (Lipinski definition) is 6. The Kier molecular flexibility index (Phi) is 13.6. The molecule has 0 N–H and O–H groups in total. The van der Waals surface area contributed by atoms with E-state index >= 15 is 0 Å². The monoisotopic (exact) mass is 434 g/mol. The maximum atomic E-state index is 11.3. The fourth-order valence-corrected chi connectivity index (χ4v) is 4.45. The van der Waals surface area contributed by atoms with E-state index < -0.39 is 0 Å². The van der Waals surface area contributed by atoms with E-state index in [2.05, 4.69) is 41.5 Å². The molecule has 0 rings (SSSR count). The Labute approximate surface area is 181 Å². The number of carbonyl (C=O) groups is 2. The van der Waals surface area contributed by atoms with E-state index in [1.165, 1.54) is 13.8 Å². The van der Waals surface area contributed by atoms with Gasteiger partial charge in [0.1, 0.15) is 12.2 Å². The second-order valence-electron chi connectivity index (χ2n) is 9.30. The van der Waals surface area contributed by atoms with Crippen LogP contribution in [0.5, 0.6) is 0 Å². The van der Waals surface area contributed by atoms with Gasteiger partial charge in [0.25, 0.3) is 0 Å². The van der Waals surface area contributed by atoms with Crippen molar-refractivity contribution < 1.29 is 19.1 Å². The van der Waals surface area contributed by atoms with Crippen LogP contribution in [0.3, 0.4) is 0 Å². The summed E-state index contributed by atoms with van der Waals surface area (Å²) in [6.07, 6.45) is 6.15. The van der Waals surface area contributed by atoms with Gasteiger partial charge in [-0.1, -0.05) is 54.4 Å². The molecule has 28 heavy (non-hydrogen) atoms. The van der Waals surface area contributed by atoms with Gasteiger partial charge in [0.2, 0.25) is 0 Å². The lowest BCUT2D eigenvalue weighted by Crippen LogP contribution is -2.22. The number of thioether (sulfide) groups is 2. The summed E-state index contributed by atoms with van der Waals surface area (Å²) in [4.78, 5) is 22.7. The van der Waals surface area contributed by atoms with E-state index in [0.717, 1.165) is 50.0 Å². The van der Waals surface area contributed by atoms with E-state index in [0.29, 0.717) is 0 Å². The zero-order chi connectivity index (χ0) is 21.8. The van der Waals surface area contributed by atoms with Gasteiger partial charge in [-0.2, -0.15) is 23.5 Å². The summed E-state index contributed by atoms with van der Waals surface area (Å²) < 4.78 is 11.3. The Morgan fingerprint density at radius 3 is 1.25 bits per heavy atom. The molecular formula is C22H42O4S2. The molecule has 2 atom stereocenters. The third kappa shape index (κ3) is 19.0. The highest BCUT2D eigenvalue weighted by Crippen LogP contribution is 2.27. The van der Waals surface area contributed by atoms with Gasteiger partial charge in [-0.25, -0.2) is 0 Å². The number of hydrogen-bond donors (Lipinski definition) is 0. The first-order valence-corrected chi connectivity index (χ1v) is 12.4. The van der Waals surface area contributed by atoms with Crippen molar-refractivity contribution >= 4 is 35.5 Å². The van der Waals surface area contributed by atoms with Gasteiger partial charge in [0.05, 0.1) is 0 Å². The predicted octanol–water partition coefficient (Wildman–Crippen LogP) is 6.25. The minimum absolute atomic E-state index is 0.00120. The summed E-state index contributed by atoms with van der Waals surface area (Å²) in [5.74, 6) is 1.31. The fourth-order valence-electron chi connectivity index (χ4n) is 2.61. The molecule has 0 aliphatic rings. The standard InChI is InChI=1S/C22H42O4S2/c1-17(23)25-19(15-27-21(3,4)5)13-11-9-10-12-14-20(26-18(2)24)16-28-22(6,7)8/h19-20H,9-16H2,1-8H3/t19-,20-/m1/s1. The number of unbranched alkanes of at least 4 members (excludes halogenated alkanes) is 3. The van der Waals surface area contributed by atoms with Crippen LogP contribution in [0.2, 0.25) is 0 Å². The smallest absolute Gasteiger partial charge is 0.302 e. The van der Waals surface area contributed by atoms with Crippen molar-refractivity contribution in [1.82, 2.24) is 0 Å². The molecule has 166 valence electrons. The number of esters is 2. The lowest BCUT2D eigenvalue weighted by atomic mass is 10.1. The highest BCUT2D eigenvalue weighted by molar-refractivity contribution is 8.00. The van der Waals surface area contributed by atoms with Crippen LogP contribution in [0.15, 0.2) is 0 Å². The molecule has 0 aromatic carbocycles. The first-order valence-electron chi connectivity index (χ1n) is 10.4. The Hall–Kier alpha value is -0.360. The summed E-state index contributed by atoms with van der Waals surface area (Å²) in [7, 11) is 0. The normalized spacial score (nSPS) is 14.4. The average molecular weight is 435 g/mol. The summed E-state index contributed by atoms with van der Waals surface area (Å²) >= 11 is 3.68. The van der Waals surface area contributed by atoms with Crippen molar-refractivity contribution in [2.24, 2.45) is 0 Å². The van der Waals surface area contributed by atoms with Gasteiger partial charge in [-0.15, -0.1) is 0 Å². The number of rotatable bonds is 13. The van der Waals surface area contributed by atoms with Crippen LogP contribution in [0.25, 0.3) is 0 Å². The van der Waals surface area contributed by atoms with Crippen molar-refractivity contribution in [3.05, 3.63) is 0 Å². The molecule has 0 unspecified atom stereocenters. The third-order valence-corrected chi connectivity index (χ3v) is 6.68. The van der Waals surface area contributed by atoms with Gasteiger partial charge in [0.15, 0.2) is 0 Å². The number of ether oxygens (including phenoxy) is 2. The van der Waals surface area contributed by atoms with E-state index in [1.54, 1.807) is 0 Å². The largest absolute Gasteiger partial charge is 0.462 e. The van der Waals surface area contributed by atoms with Crippen molar-refractivity contribution in [3.8, 4) is 0 Å². The van der Waals surface area contributed by atoms with Crippen LogP contribution in [-0.2, 0) is 19.1 Å². The molecule has 6 heteroatoms. The van der Waals surface area contributed by atoms with Crippen molar-refractivity contribution in [1.29, 1.82) is 0 Å². The summed E-state index contributed by atoms with van der Waals surface area (Å²) in [6.45, 7) is 16.1. The minimum Gasteiger partial charge on any atom is -0.462 e. The molecule has 0 aliphatic heterocycles. The van der Waals surface area contributed by atoms with Crippen LogP contribution in [0, 0.1) is 0 Å². The summed E-state index contributed by atoms with van der Waals surface area (Å²) in [5, 5.41) is 0. The molecule has 0 radical (unpaired) electrons. The first-order chi connectivity index (χ1) is 12.8. The van der Waals surface area contributed by atoms with Gasteiger partial charge in [-0.05, 0) is 25.7 Å². The summed E-state index contributed by atoms with van der Waals surface area (Å²) in [6, 6.07) is 0. The average Bonchev–Trinajstić information content (AvgIpc) is 2.50. The van der Waals surface area contributed by atoms with E-state index in [9.17, 15) is 9.59 Å². The SMILES string of the molecule is CC(=O)O[C@H](CCCCCC[C@H](CSC(C)(C)C)OC(C)=O)CSC(C)(C)C. The quantitative estimate of drug-likeness (QED) is 0.252. The van der Waals surface area contributed by atoms with E-state index in [1.807, 2.05) is 23.5 Å². The van der Waals surface area contributed by atoms with Crippen molar-refractivity contribution in [2.75, 3.05) is 11.5 Å². The van der Waals surface area contributed by atoms with Crippen molar-refractivity contribution in [3.63, 3.8) is 0 Å². The zero-order valence-electron chi connectivity index (χ0n) is 19.3. The molecule has 0 spiro atoms. The molecule has 0 saturated heterocycles. The highest BCUT2D eigenvalue weighted by atomic mass is 32.2. The van der Waals surface area contributed by atoms with Gasteiger partial charge in [0, 0.05) is 34.8 Å². The van der Waals surface area contributed by atoms with E-state index in [4.69, 9.17) is 9.47 Å². The van der Waals surface area contributed by atoms with E-state index in [-0.39, 0.29) is 33.6 Å². The first kappa shape index (κ1) is 27.6. The number of carbonyl (C=O) groups excluding carboxylic acids is 2. The summed E-state index contributed by atoms with van der Waals surface area (Å²) in [5.41, 5.74) is 0. The van der Waals surface area contributed by atoms with Crippen LogP contribution in [0.1, 0.15) is 93.9 Å². The van der Waals surface area contributed by atoms with Crippen LogP contribution < -0.4 is 0 Å². The molecule has 0 fully saturated rings. The molecule has 0 bridgehead atoms. The zero-order valence-corrected chi connectivity index (χ0v) is 20.9. The molecule has 0 aromatic rings. The Morgan fingerprint density at radius 2 is 1.00 bits per heavy atom. The lowest BCUT2D eigenvalue weighted by Gasteiger charge is -2.23. The van der Waals surface area contributed by atoms with Gasteiger partial charge < -0.3 is 9.47 Å². The maximum absolute atomic E-state index is 11.3. The van der Waals surface area contributed by atoms with Gasteiger partial charge >= 0.3 is 11.9 Å². The maximum Gasteiger partial charge on any atom is 0.302 e. The molecule has 0 saturated carbocycles. The topological polar surface area (TPSA) is 52.6 Å². The van der Waals surface area contributed by atoms with Crippen LogP contribution in [0.4, 0.5) is 0 Å². The fraction of sp³-hybridized carbons (Fsp3) is 0.909.